The van der Waals surface area contributed by atoms with E-state index in [1.54, 1.807) is 36.6 Å². The van der Waals surface area contributed by atoms with Gasteiger partial charge in [-0.1, -0.05) is 23.7 Å². The maximum Gasteiger partial charge on any atom is 0.214 e. The third-order valence-corrected chi connectivity index (χ3v) is 6.03. The molecule has 2 atom stereocenters. The van der Waals surface area contributed by atoms with Crippen LogP contribution in [-0.2, 0) is 0 Å². The number of ether oxygens (including phenoxy) is 2. The molecular formula is C21H17ClN2O3S. The van der Waals surface area contributed by atoms with Crippen LogP contribution in [0.1, 0.15) is 35.4 Å². The van der Waals surface area contributed by atoms with Gasteiger partial charge < -0.3 is 14.6 Å². The van der Waals surface area contributed by atoms with Gasteiger partial charge in [0, 0.05) is 28.1 Å². The van der Waals surface area contributed by atoms with Crippen LogP contribution in [0.4, 0.5) is 0 Å². The zero-order valence-electron chi connectivity index (χ0n) is 15.0. The highest BCUT2D eigenvalue weighted by Gasteiger charge is 2.42. The predicted octanol–water partition coefficient (Wildman–Crippen LogP) is 5.36. The first-order valence-corrected chi connectivity index (χ1v) is 10.2. The zero-order chi connectivity index (χ0) is 19.3. The van der Waals surface area contributed by atoms with Crippen molar-refractivity contribution in [1.82, 2.24) is 5.01 Å². The summed E-state index contributed by atoms with van der Waals surface area (Å²) < 4.78 is 11.9. The van der Waals surface area contributed by atoms with E-state index in [4.69, 9.17) is 26.2 Å². The molecule has 2 aromatic carbocycles. The Hall–Kier alpha value is -2.70. The number of benzene rings is 2. The lowest BCUT2D eigenvalue weighted by Crippen LogP contribution is -2.33. The second-order valence-electron chi connectivity index (χ2n) is 6.71. The summed E-state index contributed by atoms with van der Waals surface area (Å²) in [5.41, 5.74) is 3.48. The van der Waals surface area contributed by atoms with E-state index in [0.29, 0.717) is 22.8 Å². The summed E-state index contributed by atoms with van der Waals surface area (Å²) in [4.78, 5) is 0. The molecule has 2 aliphatic heterocycles. The monoisotopic (exact) mass is 412 g/mol. The zero-order valence-corrected chi connectivity index (χ0v) is 16.6. The molecule has 7 heteroatoms. The van der Waals surface area contributed by atoms with Crippen molar-refractivity contribution in [3.63, 3.8) is 0 Å². The van der Waals surface area contributed by atoms with Crippen molar-refractivity contribution in [1.29, 1.82) is 0 Å². The molecule has 1 N–H and O–H groups in total. The van der Waals surface area contributed by atoms with Crippen LogP contribution in [0.25, 0.3) is 0 Å². The molecule has 28 heavy (non-hydrogen) atoms. The van der Waals surface area contributed by atoms with Gasteiger partial charge in [-0.3, -0.25) is 0 Å². The molecule has 0 saturated carbocycles. The van der Waals surface area contributed by atoms with Crippen molar-refractivity contribution in [3.05, 3.63) is 74.9 Å². The van der Waals surface area contributed by atoms with Crippen LogP contribution in [0.2, 0.25) is 5.02 Å². The van der Waals surface area contributed by atoms with Crippen LogP contribution in [0.5, 0.6) is 17.2 Å². The summed E-state index contributed by atoms with van der Waals surface area (Å²) in [6.07, 6.45) is 0.275. The van der Waals surface area contributed by atoms with Crippen LogP contribution < -0.4 is 9.47 Å². The predicted molar refractivity (Wildman–Crippen MR) is 110 cm³/mol. The van der Waals surface area contributed by atoms with Crippen molar-refractivity contribution in [2.24, 2.45) is 5.10 Å². The molecule has 142 valence electrons. The van der Waals surface area contributed by atoms with Crippen molar-refractivity contribution in [3.8, 4) is 17.2 Å². The van der Waals surface area contributed by atoms with Gasteiger partial charge in [-0.15, -0.1) is 0 Å². The molecule has 0 saturated heterocycles. The Morgan fingerprint density at radius 3 is 2.96 bits per heavy atom. The first kappa shape index (κ1) is 17.4. The number of hydrogen-bond donors (Lipinski definition) is 1. The minimum atomic E-state index is -0.362. The molecule has 0 radical (unpaired) electrons. The number of rotatable bonds is 3. The molecule has 3 heterocycles. The number of para-hydroxylation sites is 1. The van der Waals surface area contributed by atoms with E-state index in [1.165, 1.54) is 0 Å². The Bertz CT molecular complexity index is 1070. The number of phenolic OH excluding ortho intramolecular Hbond substituents is 1. The average molecular weight is 413 g/mol. The van der Waals surface area contributed by atoms with Crippen LogP contribution in [0.15, 0.2) is 58.3 Å². The number of hydrazone groups is 1. The molecule has 3 aromatic rings. The van der Waals surface area contributed by atoms with Crippen LogP contribution in [0.3, 0.4) is 0 Å². The highest BCUT2D eigenvalue weighted by molar-refractivity contribution is 7.07. The highest BCUT2D eigenvalue weighted by Crippen LogP contribution is 2.51. The number of phenols is 1. The summed E-state index contributed by atoms with van der Waals surface area (Å²) in [5.74, 6) is 1.62. The largest absolute Gasteiger partial charge is 0.507 e. The summed E-state index contributed by atoms with van der Waals surface area (Å²) in [6.45, 7) is 0. The molecule has 0 bridgehead atoms. The molecule has 0 unspecified atom stereocenters. The second kappa shape index (κ2) is 6.72. The van der Waals surface area contributed by atoms with Gasteiger partial charge in [0.15, 0.2) is 11.5 Å². The van der Waals surface area contributed by atoms with Gasteiger partial charge in [0.25, 0.3) is 0 Å². The minimum absolute atomic E-state index is 0.0165. The van der Waals surface area contributed by atoms with E-state index in [0.717, 1.165) is 22.6 Å². The molecular weight excluding hydrogens is 396 g/mol. The highest BCUT2D eigenvalue weighted by atomic mass is 35.5. The summed E-state index contributed by atoms with van der Waals surface area (Å²) >= 11 is 7.78. The fourth-order valence-corrected chi connectivity index (χ4v) is 4.62. The first-order chi connectivity index (χ1) is 13.7. The maximum atomic E-state index is 10.3. The number of nitrogens with zero attached hydrogens (tertiary/aromatic N) is 2. The summed E-state index contributed by atoms with van der Waals surface area (Å²) in [7, 11) is 1.64. The lowest BCUT2D eigenvalue weighted by Gasteiger charge is -2.38. The molecule has 5 rings (SSSR count). The molecule has 1 aromatic heterocycles. The standard InChI is InChI=1S/C21H17ClN2O3S/c1-26-19-4-2-3-14-17-10-16(15-9-13(22)5-6-18(15)25)23-24(17)21(27-20(14)19)12-7-8-28-11-12/h2-9,11,17,21,25H,10H2,1H3/t17-,21+/m0/s1. The number of hydrogen-bond acceptors (Lipinski definition) is 6. The van der Waals surface area contributed by atoms with E-state index in [9.17, 15) is 5.11 Å². The lowest BCUT2D eigenvalue weighted by molar-refractivity contribution is -0.0206. The SMILES string of the molecule is COc1cccc2c1O[C@H](c1ccsc1)N1N=C(c3cc(Cl)ccc3O)C[C@@H]21. The topological polar surface area (TPSA) is 54.3 Å². The number of halogens is 1. The number of aromatic hydroxyl groups is 1. The van der Waals surface area contributed by atoms with Gasteiger partial charge in [-0.05, 0) is 41.1 Å². The molecule has 5 nitrogen and oxygen atoms in total. The third-order valence-electron chi connectivity index (χ3n) is 5.10. The third kappa shape index (κ3) is 2.72. The quantitative estimate of drug-likeness (QED) is 0.629. The number of thiophene rings is 1. The normalized spacial score (nSPS) is 20.2. The Kier molecular flexibility index (Phi) is 4.18. The summed E-state index contributed by atoms with van der Waals surface area (Å²) in [5, 5.41) is 21.8. The summed E-state index contributed by atoms with van der Waals surface area (Å²) in [6, 6.07) is 12.9. The van der Waals surface area contributed by atoms with Crippen LogP contribution in [-0.4, -0.2) is 22.9 Å². The van der Waals surface area contributed by atoms with E-state index >= 15 is 0 Å². The van der Waals surface area contributed by atoms with E-state index in [-0.39, 0.29) is 18.0 Å². The number of methoxy groups -OCH3 is 1. The average Bonchev–Trinajstić information content (AvgIpc) is 3.39. The Balaban J connectivity index is 1.64. The molecule has 0 spiro atoms. The lowest BCUT2D eigenvalue weighted by atomic mass is 9.95. The smallest absolute Gasteiger partial charge is 0.214 e. The van der Waals surface area contributed by atoms with Crippen molar-refractivity contribution < 1.29 is 14.6 Å². The minimum Gasteiger partial charge on any atom is -0.507 e. The molecule has 0 amide bonds. The molecule has 0 fully saturated rings. The number of fused-ring (bicyclic) bond motifs is 3. The van der Waals surface area contributed by atoms with Gasteiger partial charge in [-0.2, -0.15) is 16.4 Å². The molecule has 2 aliphatic rings. The Labute approximate surface area is 171 Å². The van der Waals surface area contributed by atoms with Crippen LogP contribution in [0, 0.1) is 0 Å². The van der Waals surface area contributed by atoms with Crippen LogP contribution >= 0.6 is 22.9 Å². The van der Waals surface area contributed by atoms with Gasteiger partial charge in [0.05, 0.1) is 18.9 Å². The van der Waals surface area contributed by atoms with E-state index < -0.39 is 0 Å². The van der Waals surface area contributed by atoms with Crippen molar-refractivity contribution >= 4 is 28.6 Å². The van der Waals surface area contributed by atoms with Gasteiger partial charge >= 0.3 is 0 Å². The Morgan fingerprint density at radius 1 is 1.29 bits per heavy atom. The van der Waals surface area contributed by atoms with Gasteiger partial charge in [-0.25, -0.2) is 5.01 Å². The van der Waals surface area contributed by atoms with E-state index in [2.05, 4.69) is 5.38 Å². The van der Waals surface area contributed by atoms with E-state index in [1.807, 2.05) is 34.7 Å². The van der Waals surface area contributed by atoms with Gasteiger partial charge in [0.2, 0.25) is 6.23 Å². The first-order valence-electron chi connectivity index (χ1n) is 8.86. The maximum absolute atomic E-state index is 10.3. The van der Waals surface area contributed by atoms with Crippen molar-refractivity contribution in [2.45, 2.75) is 18.7 Å². The molecule has 0 aliphatic carbocycles. The Morgan fingerprint density at radius 2 is 2.18 bits per heavy atom. The second-order valence-corrected chi connectivity index (χ2v) is 7.93. The van der Waals surface area contributed by atoms with Crippen molar-refractivity contribution in [2.75, 3.05) is 7.11 Å². The van der Waals surface area contributed by atoms with Gasteiger partial charge in [0.1, 0.15) is 5.75 Å². The fraction of sp³-hybridized carbons (Fsp3) is 0.190. The fourth-order valence-electron chi connectivity index (χ4n) is 3.78.